The molecule has 0 aliphatic rings. The van der Waals surface area contributed by atoms with Crippen molar-refractivity contribution in [1.82, 2.24) is 4.98 Å². The Balaban J connectivity index is 2.21. The lowest BCUT2D eigenvalue weighted by molar-refractivity contribution is 1.18. The fraction of sp³-hybridized carbons (Fsp3) is 0.250. The number of nitrogens with one attached hydrogen (secondary N) is 1. The molecule has 88 valence electrons. The molecule has 0 spiro atoms. The van der Waals surface area contributed by atoms with Gasteiger partial charge in [-0.2, -0.15) is 0 Å². The largest absolute Gasteiger partial charge is 0.388 e. The van der Waals surface area contributed by atoms with Crippen LogP contribution in [-0.2, 0) is 0 Å². The third-order valence-corrected chi connectivity index (χ3v) is 3.13. The zero-order chi connectivity index (χ0) is 12.3. The average molecular weight is 246 g/mol. The van der Waals surface area contributed by atoms with Crippen molar-refractivity contribution in [2.24, 2.45) is 10.2 Å². The molecule has 0 fully saturated rings. The molecule has 5 heteroatoms. The smallest absolute Gasteiger partial charge is 0.230 e. The normalized spacial score (nSPS) is 11.0. The molecule has 4 nitrogen and oxygen atoms in total. The van der Waals surface area contributed by atoms with E-state index in [2.05, 4.69) is 20.5 Å². The summed E-state index contributed by atoms with van der Waals surface area (Å²) in [4.78, 5) is 5.28. The highest BCUT2D eigenvalue weighted by Gasteiger charge is 1.99. The first kappa shape index (κ1) is 11.7. The standard InChI is InChI=1S/C12H14N4S/c1-8-6-10(13-3)4-5-11(8)15-16-12-14-7-9(2)17-12/h4-7,13H,1-3H3/b16-15+. The van der Waals surface area contributed by atoms with Crippen LogP contribution < -0.4 is 5.32 Å². The lowest BCUT2D eigenvalue weighted by atomic mass is 10.2. The van der Waals surface area contributed by atoms with Crippen molar-refractivity contribution in [3.8, 4) is 0 Å². The number of anilines is 1. The highest BCUT2D eigenvalue weighted by atomic mass is 32.1. The van der Waals surface area contributed by atoms with Gasteiger partial charge in [-0.05, 0) is 37.6 Å². The lowest BCUT2D eigenvalue weighted by Crippen LogP contribution is -1.87. The summed E-state index contributed by atoms with van der Waals surface area (Å²) in [5.41, 5.74) is 3.04. The summed E-state index contributed by atoms with van der Waals surface area (Å²) in [6, 6.07) is 5.97. The molecule has 1 N–H and O–H groups in total. The van der Waals surface area contributed by atoms with Crippen LogP contribution in [0, 0.1) is 13.8 Å². The van der Waals surface area contributed by atoms with Gasteiger partial charge in [-0.25, -0.2) is 4.98 Å². The van der Waals surface area contributed by atoms with E-state index in [0.29, 0.717) is 5.13 Å². The fourth-order valence-electron chi connectivity index (χ4n) is 1.41. The van der Waals surface area contributed by atoms with Gasteiger partial charge in [0.1, 0.15) is 0 Å². The zero-order valence-electron chi connectivity index (χ0n) is 10.1. The van der Waals surface area contributed by atoms with Gasteiger partial charge in [0.25, 0.3) is 0 Å². The van der Waals surface area contributed by atoms with Crippen molar-refractivity contribution >= 4 is 27.8 Å². The van der Waals surface area contributed by atoms with Gasteiger partial charge in [0.15, 0.2) is 0 Å². The lowest BCUT2D eigenvalue weighted by Gasteiger charge is -2.02. The molecule has 17 heavy (non-hydrogen) atoms. The first-order chi connectivity index (χ1) is 8.19. The first-order valence-electron chi connectivity index (χ1n) is 5.31. The summed E-state index contributed by atoms with van der Waals surface area (Å²) >= 11 is 1.54. The monoisotopic (exact) mass is 246 g/mol. The maximum absolute atomic E-state index is 4.21. The number of aryl methyl sites for hydroxylation is 2. The molecule has 0 atom stereocenters. The summed E-state index contributed by atoms with van der Waals surface area (Å²) in [6.07, 6.45) is 1.80. The van der Waals surface area contributed by atoms with E-state index in [9.17, 15) is 0 Å². The molecule has 0 saturated carbocycles. The molecular formula is C12H14N4S. The summed E-state index contributed by atoms with van der Waals surface area (Å²) < 4.78 is 0. The van der Waals surface area contributed by atoms with E-state index in [-0.39, 0.29) is 0 Å². The Morgan fingerprint density at radius 1 is 1.24 bits per heavy atom. The van der Waals surface area contributed by atoms with Gasteiger partial charge < -0.3 is 5.32 Å². The summed E-state index contributed by atoms with van der Waals surface area (Å²) in [7, 11) is 1.90. The number of hydrogen-bond donors (Lipinski definition) is 1. The van der Waals surface area contributed by atoms with Gasteiger partial charge in [-0.15, -0.1) is 10.2 Å². The molecule has 0 bridgehead atoms. The van der Waals surface area contributed by atoms with Crippen molar-refractivity contribution in [3.63, 3.8) is 0 Å². The van der Waals surface area contributed by atoms with Crippen LogP contribution in [0.5, 0.6) is 0 Å². The van der Waals surface area contributed by atoms with E-state index < -0.39 is 0 Å². The van der Waals surface area contributed by atoms with Gasteiger partial charge in [0, 0.05) is 23.8 Å². The van der Waals surface area contributed by atoms with Crippen LogP contribution in [-0.4, -0.2) is 12.0 Å². The minimum absolute atomic E-state index is 0.694. The number of thiazole rings is 1. The third kappa shape index (κ3) is 2.88. The van der Waals surface area contributed by atoms with Crippen LogP contribution in [0.4, 0.5) is 16.5 Å². The van der Waals surface area contributed by atoms with E-state index in [1.807, 2.05) is 39.1 Å². The number of aromatic nitrogens is 1. The first-order valence-corrected chi connectivity index (χ1v) is 6.13. The van der Waals surface area contributed by atoms with Gasteiger partial charge in [-0.1, -0.05) is 11.3 Å². The zero-order valence-corrected chi connectivity index (χ0v) is 10.9. The van der Waals surface area contributed by atoms with Gasteiger partial charge in [-0.3, -0.25) is 0 Å². The molecule has 0 radical (unpaired) electrons. The van der Waals surface area contributed by atoms with Crippen LogP contribution in [0.3, 0.4) is 0 Å². The van der Waals surface area contributed by atoms with Crippen LogP contribution in [0.25, 0.3) is 0 Å². The molecule has 1 aromatic carbocycles. The quantitative estimate of drug-likeness (QED) is 0.824. The fourth-order valence-corrected chi connectivity index (χ4v) is 1.99. The Bertz CT molecular complexity index is 545. The van der Waals surface area contributed by atoms with E-state index >= 15 is 0 Å². The molecule has 0 aliphatic carbocycles. The Morgan fingerprint density at radius 2 is 2.06 bits per heavy atom. The minimum Gasteiger partial charge on any atom is -0.388 e. The van der Waals surface area contributed by atoms with Gasteiger partial charge >= 0.3 is 0 Å². The van der Waals surface area contributed by atoms with Crippen LogP contribution in [0.2, 0.25) is 0 Å². The van der Waals surface area contributed by atoms with E-state index in [0.717, 1.165) is 21.8 Å². The maximum atomic E-state index is 4.21. The second-order valence-corrected chi connectivity index (χ2v) is 4.92. The summed E-state index contributed by atoms with van der Waals surface area (Å²) in [6.45, 7) is 4.02. The third-order valence-electron chi connectivity index (χ3n) is 2.34. The van der Waals surface area contributed by atoms with Crippen LogP contribution >= 0.6 is 11.3 Å². The predicted molar refractivity (Wildman–Crippen MR) is 71.8 cm³/mol. The van der Waals surface area contributed by atoms with Gasteiger partial charge in [0.2, 0.25) is 5.13 Å². The molecule has 1 heterocycles. The Hall–Kier alpha value is -1.75. The molecule has 0 saturated heterocycles. The molecule has 2 aromatic rings. The van der Waals surface area contributed by atoms with E-state index in [1.54, 1.807) is 6.20 Å². The van der Waals surface area contributed by atoms with Crippen molar-refractivity contribution < 1.29 is 0 Å². The van der Waals surface area contributed by atoms with E-state index in [4.69, 9.17) is 0 Å². The Kier molecular flexibility index (Phi) is 3.49. The van der Waals surface area contributed by atoms with Crippen LogP contribution in [0.15, 0.2) is 34.6 Å². The molecule has 0 aliphatic heterocycles. The Labute approximate surface area is 104 Å². The summed E-state index contributed by atoms with van der Waals surface area (Å²) in [5, 5.41) is 12.1. The van der Waals surface area contributed by atoms with E-state index in [1.165, 1.54) is 11.3 Å². The second-order valence-electron chi connectivity index (χ2n) is 3.70. The van der Waals surface area contributed by atoms with Crippen molar-refractivity contribution in [2.45, 2.75) is 13.8 Å². The molecule has 0 unspecified atom stereocenters. The highest BCUT2D eigenvalue weighted by molar-refractivity contribution is 7.15. The maximum Gasteiger partial charge on any atom is 0.230 e. The Morgan fingerprint density at radius 3 is 2.65 bits per heavy atom. The van der Waals surface area contributed by atoms with Crippen molar-refractivity contribution in [2.75, 3.05) is 12.4 Å². The van der Waals surface area contributed by atoms with Crippen molar-refractivity contribution in [1.29, 1.82) is 0 Å². The van der Waals surface area contributed by atoms with Gasteiger partial charge in [0.05, 0.1) is 5.69 Å². The SMILES string of the molecule is CNc1ccc(/N=N/c2ncc(C)s2)c(C)c1. The minimum atomic E-state index is 0.694. The molecule has 0 amide bonds. The average Bonchev–Trinajstić information content (AvgIpc) is 2.73. The number of azo groups is 1. The summed E-state index contributed by atoms with van der Waals surface area (Å²) in [5.74, 6) is 0. The van der Waals surface area contributed by atoms with Crippen molar-refractivity contribution in [3.05, 3.63) is 34.8 Å². The number of benzene rings is 1. The topological polar surface area (TPSA) is 49.6 Å². The number of nitrogens with zero attached hydrogens (tertiary/aromatic N) is 3. The second kappa shape index (κ2) is 5.05. The molecular weight excluding hydrogens is 232 g/mol. The molecule has 2 rings (SSSR count). The highest BCUT2D eigenvalue weighted by Crippen LogP contribution is 2.26. The van der Waals surface area contributed by atoms with Crippen LogP contribution in [0.1, 0.15) is 10.4 Å². The molecule has 1 aromatic heterocycles. The number of hydrogen-bond acceptors (Lipinski definition) is 5. The predicted octanol–water partition coefficient (Wildman–Crippen LogP) is 4.22. The number of rotatable bonds is 3.